The van der Waals surface area contributed by atoms with Crippen molar-refractivity contribution < 1.29 is 9.47 Å². The van der Waals surface area contributed by atoms with Crippen LogP contribution < -0.4 is 30.7 Å². The van der Waals surface area contributed by atoms with Crippen LogP contribution in [0.3, 0.4) is 0 Å². The molecule has 39 heavy (non-hydrogen) atoms. The van der Waals surface area contributed by atoms with Crippen LogP contribution in [0.5, 0.6) is 11.5 Å². The molecule has 0 saturated carbocycles. The number of nitrogen functional groups attached to an aromatic ring is 1. The Bertz CT molecular complexity index is 1630. The molecule has 1 aliphatic rings. The van der Waals surface area contributed by atoms with Crippen LogP contribution in [0, 0.1) is 0 Å². The molecule has 2 aromatic carbocycles. The molecule has 4 N–H and O–H groups in total. The van der Waals surface area contributed by atoms with E-state index in [-0.39, 0.29) is 0 Å². The second kappa shape index (κ2) is 10.8. The number of fused-ring (bicyclic) bond motifs is 5. The summed E-state index contributed by atoms with van der Waals surface area (Å²) in [6.45, 7) is 5.45. The summed E-state index contributed by atoms with van der Waals surface area (Å²) < 4.78 is 13.0. The van der Waals surface area contributed by atoms with E-state index < -0.39 is 0 Å². The summed E-state index contributed by atoms with van der Waals surface area (Å²) in [6.07, 6.45) is 3.52. The van der Waals surface area contributed by atoms with Gasteiger partial charge >= 0.3 is 0 Å². The molecule has 0 amide bonds. The van der Waals surface area contributed by atoms with Crippen LogP contribution >= 0.6 is 0 Å². The number of hydrogen-bond donors (Lipinski definition) is 3. The minimum Gasteiger partial charge on any atom is -0.497 e. The van der Waals surface area contributed by atoms with Gasteiger partial charge < -0.3 is 30.7 Å². The van der Waals surface area contributed by atoms with Gasteiger partial charge in [-0.2, -0.15) is 0 Å². The standard InChI is InChI=1S/C28H33N9O2/c1-38-18-6-8-22-21(15-18)24(20-7-5-19(39-2)16-23(20)34-22)31-11-3-9-30-10-4-12-36-13-14-37-27-25(35-28(36)37)26(29)32-17-33-27/h5-8,15-17,30H,3-4,9-14H2,1-2H3,(H,31,34)(H2,29,32,33). The Kier molecular flexibility index (Phi) is 6.89. The number of hydrogen-bond acceptors (Lipinski definition) is 10. The third-order valence-electron chi connectivity index (χ3n) is 7.22. The average molecular weight is 528 g/mol. The van der Waals surface area contributed by atoms with Crippen LogP contribution in [-0.4, -0.2) is 71.4 Å². The number of rotatable bonds is 11. The number of aromatic nitrogens is 5. The van der Waals surface area contributed by atoms with Crippen molar-refractivity contribution in [1.82, 2.24) is 29.8 Å². The Morgan fingerprint density at radius 3 is 2.56 bits per heavy atom. The number of imidazole rings is 1. The van der Waals surface area contributed by atoms with Crippen molar-refractivity contribution in [1.29, 1.82) is 0 Å². The summed E-state index contributed by atoms with van der Waals surface area (Å²) in [7, 11) is 3.36. The summed E-state index contributed by atoms with van der Waals surface area (Å²) in [6, 6.07) is 12.0. The summed E-state index contributed by atoms with van der Waals surface area (Å²) in [4.78, 5) is 20.3. The molecule has 0 spiro atoms. The number of anilines is 3. The Morgan fingerprint density at radius 2 is 1.69 bits per heavy atom. The van der Waals surface area contributed by atoms with Gasteiger partial charge in [0.15, 0.2) is 17.0 Å². The fourth-order valence-corrected chi connectivity index (χ4v) is 5.22. The average Bonchev–Trinajstić information content (AvgIpc) is 3.54. The zero-order valence-corrected chi connectivity index (χ0v) is 22.3. The second-order valence-corrected chi connectivity index (χ2v) is 9.62. The van der Waals surface area contributed by atoms with Gasteiger partial charge in [0.2, 0.25) is 5.95 Å². The summed E-state index contributed by atoms with van der Waals surface area (Å²) in [5.74, 6) is 2.98. The molecule has 1 aliphatic heterocycles. The normalized spacial score (nSPS) is 12.9. The zero-order valence-electron chi connectivity index (χ0n) is 22.3. The van der Waals surface area contributed by atoms with Crippen LogP contribution in [0.15, 0.2) is 42.7 Å². The van der Waals surface area contributed by atoms with Crippen LogP contribution in [0.25, 0.3) is 33.0 Å². The lowest BCUT2D eigenvalue weighted by Gasteiger charge is -2.16. The van der Waals surface area contributed by atoms with Crippen molar-refractivity contribution in [2.45, 2.75) is 19.4 Å². The molecular formula is C28H33N9O2. The number of pyridine rings is 1. The minimum absolute atomic E-state index is 0.434. The second-order valence-electron chi connectivity index (χ2n) is 9.62. The maximum Gasteiger partial charge on any atom is 0.208 e. The highest BCUT2D eigenvalue weighted by Gasteiger charge is 2.24. The molecule has 11 nitrogen and oxygen atoms in total. The largest absolute Gasteiger partial charge is 0.497 e. The Morgan fingerprint density at radius 1 is 0.872 bits per heavy atom. The highest BCUT2D eigenvalue weighted by molar-refractivity contribution is 6.08. The molecule has 0 unspecified atom stereocenters. The topological polar surface area (TPSA) is 128 Å². The lowest BCUT2D eigenvalue weighted by molar-refractivity contribution is 0.415. The first kappa shape index (κ1) is 24.9. The van der Waals surface area contributed by atoms with Gasteiger partial charge in [0.1, 0.15) is 17.8 Å². The van der Waals surface area contributed by atoms with Gasteiger partial charge in [-0.05, 0) is 56.3 Å². The first-order valence-electron chi connectivity index (χ1n) is 13.3. The predicted octanol–water partition coefficient (Wildman–Crippen LogP) is 3.43. The van der Waals surface area contributed by atoms with Gasteiger partial charge in [0, 0.05) is 43.0 Å². The molecule has 0 bridgehead atoms. The van der Waals surface area contributed by atoms with Crippen molar-refractivity contribution in [2.75, 3.05) is 62.9 Å². The molecular weight excluding hydrogens is 494 g/mol. The predicted molar refractivity (Wildman–Crippen MR) is 155 cm³/mol. The van der Waals surface area contributed by atoms with E-state index in [2.05, 4.69) is 36.1 Å². The molecule has 11 heteroatoms. The van der Waals surface area contributed by atoms with Crippen molar-refractivity contribution in [3.05, 3.63) is 42.7 Å². The van der Waals surface area contributed by atoms with E-state index in [1.807, 2.05) is 30.3 Å². The Balaban J connectivity index is 1.03. The van der Waals surface area contributed by atoms with Crippen LogP contribution in [0.2, 0.25) is 0 Å². The van der Waals surface area contributed by atoms with Crippen LogP contribution in [0.1, 0.15) is 12.8 Å². The molecule has 6 rings (SSSR count). The van der Waals surface area contributed by atoms with Gasteiger partial charge in [0.05, 0.1) is 30.9 Å². The highest BCUT2D eigenvalue weighted by atomic mass is 16.5. The molecule has 0 fully saturated rings. The molecule has 3 aromatic heterocycles. The van der Waals surface area contributed by atoms with Crippen LogP contribution in [0.4, 0.5) is 17.5 Å². The smallest absolute Gasteiger partial charge is 0.208 e. The Labute approximate surface area is 226 Å². The fraction of sp³-hybridized carbons (Fsp3) is 0.357. The van der Waals surface area contributed by atoms with Gasteiger partial charge in [-0.3, -0.25) is 4.57 Å². The summed E-state index contributed by atoms with van der Waals surface area (Å²) >= 11 is 0. The molecule has 5 aromatic rings. The SMILES string of the molecule is COc1ccc2c(NCCCNCCCN3CCn4c3nc3c(N)ncnc34)c3cc(OC)ccc3nc2c1. The number of benzene rings is 2. The van der Waals surface area contributed by atoms with Gasteiger partial charge in [-0.15, -0.1) is 0 Å². The first-order valence-corrected chi connectivity index (χ1v) is 13.3. The maximum atomic E-state index is 5.98. The van der Waals surface area contributed by atoms with E-state index in [9.17, 15) is 0 Å². The third-order valence-corrected chi connectivity index (χ3v) is 7.22. The summed E-state index contributed by atoms with van der Waals surface area (Å²) in [5, 5.41) is 9.35. The molecule has 0 atom stereocenters. The van der Waals surface area contributed by atoms with Crippen LogP contribution in [-0.2, 0) is 6.54 Å². The number of nitrogens with zero attached hydrogens (tertiary/aromatic N) is 6. The maximum absolute atomic E-state index is 5.98. The highest BCUT2D eigenvalue weighted by Crippen LogP contribution is 2.34. The van der Waals surface area contributed by atoms with Gasteiger partial charge in [0.25, 0.3) is 0 Å². The number of nitrogens with two attached hydrogens (primary N) is 1. The summed E-state index contributed by atoms with van der Waals surface area (Å²) in [5.41, 5.74) is 10.4. The molecule has 0 aliphatic carbocycles. The van der Waals surface area contributed by atoms with E-state index in [4.69, 9.17) is 25.2 Å². The Hall–Kier alpha value is -4.38. The molecule has 202 valence electrons. The third kappa shape index (κ3) is 4.81. The lowest BCUT2D eigenvalue weighted by atomic mass is 10.1. The van der Waals surface area contributed by atoms with Gasteiger partial charge in [-0.25, -0.2) is 19.9 Å². The fourth-order valence-electron chi connectivity index (χ4n) is 5.22. The van der Waals surface area contributed by atoms with Crippen molar-refractivity contribution >= 4 is 50.4 Å². The molecule has 0 saturated heterocycles. The van der Waals surface area contributed by atoms with E-state index in [1.54, 1.807) is 14.2 Å². The van der Waals surface area contributed by atoms with E-state index >= 15 is 0 Å². The van der Waals surface area contributed by atoms with Crippen molar-refractivity contribution in [3.8, 4) is 11.5 Å². The first-order chi connectivity index (χ1) is 19.2. The van der Waals surface area contributed by atoms with E-state index in [1.165, 1.54) is 6.33 Å². The quantitative estimate of drug-likeness (QED) is 0.174. The number of methoxy groups -OCH3 is 2. The van der Waals surface area contributed by atoms with Gasteiger partial charge in [-0.1, -0.05) is 0 Å². The molecule has 4 heterocycles. The minimum atomic E-state index is 0.434. The van der Waals surface area contributed by atoms with Crippen molar-refractivity contribution in [2.24, 2.45) is 0 Å². The van der Waals surface area contributed by atoms with E-state index in [0.29, 0.717) is 11.3 Å². The monoisotopic (exact) mass is 527 g/mol. The lowest BCUT2D eigenvalue weighted by Crippen LogP contribution is -2.27. The van der Waals surface area contributed by atoms with E-state index in [0.717, 1.165) is 103 Å². The number of ether oxygens (including phenoxy) is 2. The zero-order chi connectivity index (χ0) is 26.8. The molecule has 0 radical (unpaired) electrons. The number of nitrogens with one attached hydrogen (secondary N) is 2. The van der Waals surface area contributed by atoms with Crippen molar-refractivity contribution in [3.63, 3.8) is 0 Å².